The van der Waals surface area contributed by atoms with Crippen LogP contribution in [-0.4, -0.2) is 10.6 Å². The molecule has 1 aliphatic carbocycles. The van der Waals surface area contributed by atoms with E-state index < -0.39 is 11.6 Å². The van der Waals surface area contributed by atoms with Gasteiger partial charge in [0.2, 0.25) is 0 Å². The molecule has 1 fully saturated rings. The lowest BCUT2D eigenvalue weighted by Crippen LogP contribution is -2.18. The summed E-state index contributed by atoms with van der Waals surface area (Å²) in [4.78, 5) is 11.4. The van der Waals surface area contributed by atoms with Gasteiger partial charge in [-0.05, 0) is 37.0 Å². The summed E-state index contributed by atoms with van der Waals surface area (Å²) >= 11 is 3.30. The molecular formula is C12H11BrF2O. The van der Waals surface area contributed by atoms with E-state index in [2.05, 4.69) is 15.9 Å². The van der Waals surface area contributed by atoms with Crippen LogP contribution in [0.4, 0.5) is 8.78 Å². The standard InChI is InChI=1S/C12H11BrF2O/c13-9(12(16)8-2-3-8)5-7-1-4-10(14)11(15)6-7/h1,4,6,8-9H,2-3,5H2. The highest BCUT2D eigenvalue weighted by atomic mass is 79.9. The molecule has 4 heteroatoms. The smallest absolute Gasteiger partial charge is 0.159 e. The summed E-state index contributed by atoms with van der Waals surface area (Å²) in [7, 11) is 0. The van der Waals surface area contributed by atoms with Gasteiger partial charge in [0.15, 0.2) is 11.6 Å². The molecule has 1 atom stereocenters. The molecule has 1 saturated carbocycles. The molecule has 1 unspecified atom stereocenters. The van der Waals surface area contributed by atoms with E-state index in [0.717, 1.165) is 25.0 Å². The molecule has 16 heavy (non-hydrogen) atoms. The predicted octanol–water partition coefficient (Wildman–Crippen LogP) is 3.25. The fourth-order valence-corrected chi connectivity index (χ4v) is 2.35. The molecule has 1 aliphatic rings. The normalized spacial score (nSPS) is 17.2. The summed E-state index contributed by atoms with van der Waals surface area (Å²) in [5, 5.41) is 0. The summed E-state index contributed by atoms with van der Waals surface area (Å²) in [5.74, 6) is -1.38. The summed E-state index contributed by atoms with van der Waals surface area (Å²) in [6, 6.07) is 3.74. The highest BCUT2D eigenvalue weighted by Crippen LogP contribution is 2.33. The highest BCUT2D eigenvalue weighted by molar-refractivity contribution is 9.10. The Morgan fingerprint density at radius 3 is 2.62 bits per heavy atom. The Balaban J connectivity index is 2.02. The lowest BCUT2D eigenvalue weighted by molar-refractivity contribution is -0.119. The number of carbonyl (C=O) groups is 1. The van der Waals surface area contributed by atoms with Gasteiger partial charge in [0, 0.05) is 5.92 Å². The molecule has 0 N–H and O–H groups in total. The first-order chi connectivity index (χ1) is 7.58. The van der Waals surface area contributed by atoms with E-state index in [9.17, 15) is 13.6 Å². The predicted molar refractivity (Wildman–Crippen MR) is 60.5 cm³/mol. The van der Waals surface area contributed by atoms with Crippen LogP contribution in [0, 0.1) is 17.6 Å². The number of Topliss-reactive ketones (excluding diaryl/α,β-unsaturated/α-hetero) is 1. The van der Waals surface area contributed by atoms with Gasteiger partial charge in [-0.1, -0.05) is 22.0 Å². The van der Waals surface area contributed by atoms with Crippen molar-refractivity contribution < 1.29 is 13.6 Å². The highest BCUT2D eigenvalue weighted by Gasteiger charge is 2.33. The maximum atomic E-state index is 12.9. The van der Waals surface area contributed by atoms with Crippen molar-refractivity contribution in [2.75, 3.05) is 0 Å². The Bertz CT molecular complexity index is 415. The fourth-order valence-electron chi connectivity index (χ4n) is 1.60. The second-order valence-corrected chi connectivity index (χ2v) is 5.20. The lowest BCUT2D eigenvalue weighted by atomic mass is 10.1. The molecule has 1 nitrogen and oxygen atoms in total. The van der Waals surface area contributed by atoms with Crippen molar-refractivity contribution in [3.8, 4) is 0 Å². The second-order valence-electron chi connectivity index (χ2n) is 4.10. The number of rotatable bonds is 4. The van der Waals surface area contributed by atoms with Gasteiger partial charge in [0.1, 0.15) is 5.78 Å². The largest absolute Gasteiger partial charge is 0.298 e. The van der Waals surface area contributed by atoms with Gasteiger partial charge in [0.25, 0.3) is 0 Å². The summed E-state index contributed by atoms with van der Waals surface area (Å²) in [5.41, 5.74) is 0.634. The minimum Gasteiger partial charge on any atom is -0.298 e. The van der Waals surface area contributed by atoms with Gasteiger partial charge in [-0.15, -0.1) is 0 Å². The molecule has 0 aromatic heterocycles. The van der Waals surface area contributed by atoms with Crippen LogP contribution in [0.15, 0.2) is 18.2 Å². The molecule has 0 saturated heterocycles. The molecule has 0 spiro atoms. The van der Waals surface area contributed by atoms with Crippen molar-refractivity contribution in [2.24, 2.45) is 5.92 Å². The van der Waals surface area contributed by atoms with Crippen molar-refractivity contribution >= 4 is 21.7 Å². The summed E-state index contributed by atoms with van der Waals surface area (Å²) < 4.78 is 25.6. The SMILES string of the molecule is O=C(C(Br)Cc1ccc(F)c(F)c1)C1CC1. The first kappa shape index (κ1) is 11.7. The van der Waals surface area contributed by atoms with Crippen molar-refractivity contribution in [2.45, 2.75) is 24.1 Å². The minimum atomic E-state index is -0.865. The number of hydrogen-bond donors (Lipinski definition) is 0. The molecule has 0 bridgehead atoms. The zero-order chi connectivity index (χ0) is 11.7. The van der Waals surface area contributed by atoms with Gasteiger partial charge < -0.3 is 0 Å². The zero-order valence-corrected chi connectivity index (χ0v) is 10.1. The van der Waals surface area contributed by atoms with E-state index in [1.165, 1.54) is 6.07 Å². The fraction of sp³-hybridized carbons (Fsp3) is 0.417. The van der Waals surface area contributed by atoms with Gasteiger partial charge in [-0.25, -0.2) is 8.78 Å². The minimum absolute atomic E-state index is 0.171. The van der Waals surface area contributed by atoms with Crippen LogP contribution >= 0.6 is 15.9 Å². The van der Waals surface area contributed by atoms with Crippen LogP contribution in [0.25, 0.3) is 0 Å². The molecular weight excluding hydrogens is 278 g/mol. The third-order valence-corrected chi connectivity index (χ3v) is 3.46. The molecule has 0 radical (unpaired) electrons. The van der Waals surface area contributed by atoms with E-state index in [1.807, 2.05) is 0 Å². The average Bonchev–Trinajstić information content (AvgIpc) is 3.06. The van der Waals surface area contributed by atoms with E-state index in [-0.39, 0.29) is 16.5 Å². The van der Waals surface area contributed by atoms with Crippen molar-refractivity contribution in [3.63, 3.8) is 0 Å². The Kier molecular flexibility index (Phi) is 3.38. The van der Waals surface area contributed by atoms with E-state index in [0.29, 0.717) is 12.0 Å². The van der Waals surface area contributed by atoms with E-state index in [4.69, 9.17) is 0 Å². The monoisotopic (exact) mass is 288 g/mol. The molecule has 2 rings (SSSR count). The maximum absolute atomic E-state index is 12.9. The van der Waals surface area contributed by atoms with Crippen LogP contribution < -0.4 is 0 Å². The summed E-state index contributed by atoms with van der Waals surface area (Å²) in [6.07, 6.45) is 2.32. The van der Waals surface area contributed by atoms with E-state index in [1.54, 1.807) is 0 Å². The van der Waals surface area contributed by atoms with Crippen LogP contribution in [0.5, 0.6) is 0 Å². The third-order valence-electron chi connectivity index (χ3n) is 2.69. The molecule has 1 aromatic rings. The number of benzene rings is 1. The number of alkyl halides is 1. The number of ketones is 1. The number of halogens is 3. The summed E-state index contributed by atoms with van der Waals surface area (Å²) in [6.45, 7) is 0. The van der Waals surface area contributed by atoms with Gasteiger partial charge in [-0.2, -0.15) is 0 Å². The van der Waals surface area contributed by atoms with Gasteiger partial charge in [0.05, 0.1) is 4.83 Å². The van der Waals surface area contributed by atoms with Crippen molar-refractivity contribution in [3.05, 3.63) is 35.4 Å². The number of hydrogen-bond acceptors (Lipinski definition) is 1. The van der Waals surface area contributed by atoms with Crippen LogP contribution in [0.2, 0.25) is 0 Å². The van der Waals surface area contributed by atoms with Crippen LogP contribution in [0.1, 0.15) is 18.4 Å². The lowest BCUT2D eigenvalue weighted by Gasteiger charge is -2.08. The van der Waals surface area contributed by atoms with Crippen LogP contribution in [-0.2, 0) is 11.2 Å². The van der Waals surface area contributed by atoms with Gasteiger partial charge in [-0.3, -0.25) is 4.79 Å². The molecule has 86 valence electrons. The molecule has 0 heterocycles. The Morgan fingerprint density at radius 2 is 2.06 bits per heavy atom. The van der Waals surface area contributed by atoms with Crippen molar-refractivity contribution in [1.82, 2.24) is 0 Å². The second kappa shape index (κ2) is 4.62. The third kappa shape index (κ3) is 2.67. The van der Waals surface area contributed by atoms with Crippen LogP contribution in [0.3, 0.4) is 0 Å². The van der Waals surface area contributed by atoms with E-state index >= 15 is 0 Å². The topological polar surface area (TPSA) is 17.1 Å². The Morgan fingerprint density at radius 1 is 1.38 bits per heavy atom. The maximum Gasteiger partial charge on any atom is 0.159 e. The molecule has 0 aliphatic heterocycles. The molecule has 0 amide bonds. The average molecular weight is 289 g/mol. The van der Waals surface area contributed by atoms with Gasteiger partial charge >= 0.3 is 0 Å². The zero-order valence-electron chi connectivity index (χ0n) is 8.55. The Hall–Kier alpha value is -0.770. The first-order valence-electron chi connectivity index (χ1n) is 5.19. The quantitative estimate of drug-likeness (QED) is 0.778. The number of carbonyl (C=O) groups excluding carboxylic acids is 1. The Labute approximate surface area is 101 Å². The first-order valence-corrected chi connectivity index (χ1v) is 6.11. The van der Waals surface area contributed by atoms with Crippen molar-refractivity contribution in [1.29, 1.82) is 0 Å². The molecule has 1 aromatic carbocycles.